The summed E-state index contributed by atoms with van der Waals surface area (Å²) in [6.07, 6.45) is -0.282. The van der Waals surface area contributed by atoms with Gasteiger partial charge in [-0.05, 0) is 34.2 Å². The Balaban J connectivity index is 4.14. The number of halogens is 2. The van der Waals surface area contributed by atoms with E-state index in [2.05, 4.69) is 33.0 Å². The lowest BCUT2D eigenvalue weighted by Gasteiger charge is -2.31. The molecule has 0 spiro atoms. The van der Waals surface area contributed by atoms with Crippen LogP contribution in [0.2, 0.25) is 0 Å². The summed E-state index contributed by atoms with van der Waals surface area (Å²) in [4.78, 5) is 1.76. The van der Waals surface area contributed by atoms with Crippen molar-refractivity contribution in [1.29, 1.82) is 0 Å². The Bertz CT molecular complexity index is 178. The second-order valence-electron chi connectivity index (χ2n) is 5.40. The van der Waals surface area contributed by atoms with Crippen molar-refractivity contribution in [2.75, 3.05) is 20.1 Å². The van der Waals surface area contributed by atoms with E-state index in [1.807, 2.05) is 0 Å². The van der Waals surface area contributed by atoms with Crippen LogP contribution in [0, 0.1) is 0 Å². The first kappa shape index (κ1) is 15.8. The lowest BCUT2D eigenvalue weighted by molar-refractivity contribution is 0.0764. The maximum absolute atomic E-state index is 12.3. The topological polar surface area (TPSA) is 15.3 Å². The van der Waals surface area contributed by atoms with Gasteiger partial charge in [-0.3, -0.25) is 4.90 Å². The van der Waals surface area contributed by atoms with E-state index in [4.69, 9.17) is 0 Å². The predicted molar refractivity (Wildman–Crippen MR) is 65.1 cm³/mol. The Morgan fingerprint density at radius 2 is 1.81 bits per heavy atom. The van der Waals surface area contributed by atoms with Crippen molar-refractivity contribution in [1.82, 2.24) is 10.2 Å². The zero-order valence-electron chi connectivity index (χ0n) is 11.2. The Morgan fingerprint density at radius 1 is 1.25 bits per heavy atom. The third-order valence-electron chi connectivity index (χ3n) is 2.54. The van der Waals surface area contributed by atoms with Crippen molar-refractivity contribution in [2.45, 2.75) is 58.5 Å². The van der Waals surface area contributed by atoms with E-state index in [-0.39, 0.29) is 18.1 Å². The molecule has 0 fully saturated rings. The number of nitrogens with zero attached hydrogens (tertiary/aromatic N) is 1. The number of hydrogen-bond acceptors (Lipinski definition) is 2. The highest BCUT2D eigenvalue weighted by Gasteiger charge is 2.19. The van der Waals surface area contributed by atoms with Crippen molar-refractivity contribution in [2.24, 2.45) is 0 Å². The minimum absolute atomic E-state index is 0.0393. The highest BCUT2D eigenvalue weighted by molar-refractivity contribution is 4.77. The van der Waals surface area contributed by atoms with Crippen LogP contribution in [0.1, 0.15) is 40.5 Å². The summed E-state index contributed by atoms with van der Waals surface area (Å²) in [6.45, 7) is 8.96. The molecule has 0 amide bonds. The number of nitrogens with one attached hydrogen (secondary N) is 1. The van der Waals surface area contributed by atoms with E-state index in [0.29, 0.717) is 0 Å². The first-order chi connectivity index (χ1) is 7.26. The molecular weight excluding hydrogens is 210 g/mol. The average molecular weight is 236 g/mol. The van der Waals surface area contributed by atoms with E-state index in [1.165, 1.54) is 0 Å². The van der Waals surface area contributed by atoms with Crippen molar-refractivity contribution >= 4 is 0 Å². The van der Waals surface area contributed by atoms with Crippen LogP contribution in [-0.2, 0) is 0 Å². The maximum Gasteiger partial charge on any atom is 0.251 e. The second kappa shape index (κ2) is 7.17. The van der Waals surface area contributed by atoms with Crippen molar-refractivity contribution in [3.8, 4) is 0 Å². The third kappa shape index (κ3) is 7.99. The number of likely N-dealkylation sites (N-methyl/N-ethyl adjacent to an activating group) is 1. The van der Waals surface area contributed by atoms with Crippen LogP contribution < -0.4 is 5.32 Å². The molecule has 4 heteroatoms. The molecule has 0 aromatic carbocycles. The molecule has 1 atom stereocenters. The Hall–Kier alpha value is -0.220. The van der Waals surface area contributed by atoms with Gasteiger partial charge in [-0.25, -0.2) is 8.78 Å². The van der Waals surface area contributed by atoms with E-state index in [1.54, 1.807) is 11.9 Å². The Kier molecular flexibility index (Phi) is 7.07. The standard InChI is InChI=1S/C12H26F2N2/c1-6-7-10(8-15-12(2,3)4)16(5)9-11(13)14/h10-11,15H,6-9H2,1-5H3. The van der Waals surface area contributed by atoms with E-state index >= 15 is 0 Å². The van der Waals surface area contributed by atoms with Crippen LogP contribution in [-0.4, -0.2) is 43.0 Å². The highest BCUT2D eigenvalue weighted by atomic mass is 19.3. The van der Waals surface area contributed by atoms with Gasteiger partial charge in [0.05, 0.1) is 6.54 Å². The molecule has 0 aromatic heterocycles. The normalized spacial score (nSPS) is 14.8. The molecule has 1 unspecified atom stereocenters. The van der Waals surface area contributed by atoms with Crippen LogP contribution in [0.25, 0.3) is 0 Å². The van der Waals surface area contributed by atoms with Gasteiger partial charge in [0.15, 0.2) is 0 Å². The average Bonchev–Trinajstić information content (AvgIpc) is 2.09. The van der Waals surface area contributed by atoms with Gasteiger partial charge in [0.25, 0.3) is 6.43 Å². The fourth-order valence-electron chi connectivity index (χ4n) is 1.60. The summed E-state index contributed by atoms with van der Waals surface area (Å²) in [5.41, 5.74) is 0.0393. The molecule has 0 aliphatic rings. The van der Waals surface area contributed by atoms with Crippen molar-refractivity contribution < 1.29 is 8.78 Å². The van der Waals surface area contributed by atoms with Gasteiger partial charge >= 0.3 is 0 Å². The van der Waals surface area contributed by atoms with Gasteiger partial charge in [0.1, 0.15) is 0 Å². The molecule has 98 valence electrons. The third-order valence-corrected chi connectivity index (χ3v) is 2.54. The van der Waals surface area contributed by atoms with Gasteiger partial charge in [0, 0.05) is 18.1 Å². The predicted octanol–water partition coefficient (Wildman–Crippen LogP) is 2.74. The fourth-order valence-corrected chi connectivity index (χ4v) is 1.60. The fraction of sp³-hybridized carbons (Fsp3) is 1.00. The molecule has 0 radical (unpaired) electrons. The van der Waals surface area contributed by atoms with Gasteiger partial charge in [-0.1, -0.05) is 13.3 Å². The first-order valence-corrected chi connectivity index (χ1v) is 5.99. The molecule has 2 nitrogen and oxygen atoms in total. The molecule has 0 rings (SSSR count). The first-order valence-electron chi connectivity index (χ1n) is 5.99. The lowest BCUT2D eigenvalue weighted by atomic mass is 10.1. The molecule has 0 saturated heterocycles. The minimum Gasteiger partial charge on any atom is -0.311 e. The summed E-state index contributed by atoms with van der Waals surface area (Å²) in [5.74, 6) is 0. The van der Waals surface area contributed by atoms with Gasteiger partial charge in [-0.15, -0.1) is 0 Å². The van der Waals surface area contributed by atoms with Crippen LogP contribution in [0.5, 0.6) is 0 Å². The quantitative estimate of drug-likeness (QED) is 0.731. The molecule has 1 N–H and O–H groups in total. The van der Waals surface area contributed by atoms with Crippen LogP contribution in [0.4, 0.5) is 8.78 Å². The van der Waals surface area contributed by atoms with Crippen molar-refractivity contribution in [3.05, 3.63) is 0 Å². The number of rotatable bonds is 7. The van der Waals surface area contributed by atoms with Gasteiger partial charge in [0.2, 0.25) is 0 Å². The molecule has 0 heterocycles. The summed E-state index contributed by atoms with van der Waals surface area (Å²) < 4.78 is 24.6. The van der Waals surface area contributed by atoms with E-state index in [9.17, 15) is 8.78 Å². The van der Waals surface area contributed by atoms with Crippen LogP contribution >= 0.6 is 0 Å². The molecule has 0 bridgehead atoms. The molecule has 0 aliphatic heterocycles. The Labute approximate surface area is 98.4 Å². The zero-order chi connectivity index (χ0) is 12.8. The van der Waals surface area contributed by atoms with Crippen molar-refractivity contribution in [3.63, 3.8) is 0 Å². The smallest absolute Gasteiger partial charge is 0.251 e. The van der Waals surface area contributed by atoms with E-state index < -0.39 is 6.43 Å². The minimum atomic E-state index is -2.25. The highest BCUT2D eigenvalue weighted by Crippen LogP contribution is 2.09. The number of hydrogen-bond donors (Lipinski definition) is 1. The van der Waals surface area contributed by atoms with Gasteiger partial charge < -0.3 is 5.32 Å². The summed E-state index contributed by atoms with van der Waals surface area (Å²) >= 11 is 0. The maximum atomic E-state index is 12.3. The lowest BCUT2D eigenvalue weighted by Crippen LogP contribution is -2.47. The Morgan fingerprint density at radius 3 is 2.19 bits per heavy atom. The SMILES string of the molecule is CCCC(CNC(C)(C)C)N(C)CC(F)F. The molecule has 0 saturated carbocycles. The molecular formula is C12H26F2N2. The van der Waals surface area contributed by atoms with E-state index in [0.717, 1.165) is 19.4 Å². The molecule has 0 aliphatic carbocycles. The zero-order valence-corrected chi connectivity index (χ0v) is 11.2. The second-order valence-corrected chi connectivity index (χ2v) is 5.40. The summed E-state index contributed by atoms with van der Waals surface area (Å²) in [5, 5.41) is 3.37. The monoisotopic (exact) mass is 236 g/mol. The molecule has 16 heavy (non-hydrogen) atoms. The summed E-state index contributed by atoms with van der Waals surface area (Å²) in [7, 11) is 1.77. The van der Waals surface area contributed by atoms with Crippen LogP contribution in [0.3, 0.4) is 0 Å². The molecule has 0 aromatic rings. The van der Waals surface area contributed by atoms with Crippen LogP contribution in [0.15, 0.2) is 0 Å². The van der Waals surface area contributed by atoms with Gasteiger partial charge in [-0.2, -0.15) is 0 Å². The summed E-state index contributed by atoms with van der Waals surface area (Å²) in [6, 6.07) is 0.193. The largest absolute Gasteiger partial charge is 0.311 e. The number of alkyl halides is 2.